The lowest BCUT2D eigenvalue weighted by Crippen LogP contribution is -2.20. The number of carbonyl (C=O) groups is 5. The first kappa shape index (κ1) is 20.0. The van der Waals surface area contributed by atoms with Gasteiger partial charge < -0.3 is 20.4 Å². The van der Waals surface area contributed by atoms with Crippen LogP contribution in [0.5, 0.6) is 0 Å². The SMILES string of the molecule is O=C(C=Cc1cc(C(=O)O)c(C(=O)O)c(C(=O)O)c1C(=O)O)c1ccccc1. The van der Waals surface area contributed by atoms with Crippen molar-refractivity contribution in [1.82, 2.24) is 0 Å². The minimum Gasteiger partial charge on any atom is -0.478 e. The highest BCUT2D eigenvalue weighted by molar-refractivity contribution is 6.16. The summed E-state index contributed by atoms with van der Waals surface area (Å²) in [6.45, 7) is 0. The molecule has 0 spiro atoms. The maximum atomic E-state index is 12.2. The van der Waals surface area contributed by atoms with Crippen LogP contribution in [0, 0.1) is 0 Å². The van der Waals surface area contributed by atoms with E-state index in [0.29, 0.717) is 6.07 Å². The first-order valence-electron chi connectivity index (χ1n) is 7.56. The molecule has 0 aliphatic carbocycles. The Morgan fingerprint density at radius 3 is 1.68 bits per heavy atom. The van der Waals surface area contributed by atoms with Crippen LogP contribution in [0.3, 0.4) is 0 Å². The van der Waals surface area contributed by atoms with E-state index in [0.717, 1.165) is 12.2 Å². The van der Waals surface area contributed by atoms with Gasteiger partial charge in [0, 0.05) is 5.56 Å². The van der Waals surface area contributed by atoms with Gasteiger partial charge in [-0.2, -0.15) is 0 Å². The summed E-state index contributed by atoms with van der Waals surface area (Å²) in [6, 6.07) is 8.54. The van der Waals surface area contributed by atoms with E-state index in [2.05, 4.69) is 0 Å². The van der Waals surface area contributed by atoms with Gasteiger partial charge in [0.15, 0.2) is 5.78 Å². The summed E-state index contributed by atoms with van der Waals surface area (Å²) in [5.74, 6) is -7.94. The minimum absolute atomic E-state index is 0.259. The molecule has 0 fully saturated rings. The average Bonchev–Trinajstić information content (AvgIpc) is 2.64. The highest BCUT2D eigenvalue weighted by Crippen LogP contribution is 2.26. The molecule has 0 aliphatic heterocycles. The number of hydrogen-bond acceptors (Lipinski definition) is 5. The third kappa shape index (κ3) is 3.93. The van der Waals surface area contributed by atoms with Crippen molar-refractivity contribution >= 4 is 35.7 Å². The van der Waals surface area contributed by atoms with Gasteiger partial charge in [0.1, 0.15) is 0 Å². The molecule has 0 aromatic heterocycles. The molecule has 9 nitrogen and oxygen atoms in total. The van der Waals surface area contributed by atoms with Gasteiger partial charge in [-0.3, -0.25) is 4.79 Å². The quantitative estimate of drug-likeness (QED) is 0.414. The van der Waals surface area contributed by atoms with Gasteiger partial charge in [0.2, 0.25) is 0 Å². The molecule has 0 unspecified atom stereocenters. The number of benzene rings is 2. The summed E-state index contributed by atoms with van der Waals surface area (Å²) in [6.07, 6.45) is 1.87. The second-order valence-corrected chi connectivity index (χ2v) is 5.42. The molecule has 142 valence electrons. The Hall–Kier alpha value is -4.27. The Morgan fingerprint density at radius 2 is 1.21 bits per heavy atom. The average molecular weight is 384 g/mol. The Bertz CT molecular complexity index is 1030. The summed E-state index contributed by atoms with van der Waals surface area (Å²) in [4.78, 5) is 58.1. The Morgan fingerprint density at radius 1 is 0.679 bits per heavy atom. The van der Waals surface area contributed by atoms with Crippen LogP contribution < -0.4 is 0 Å². The molecule has 0 heterocycles. The lowest BCUT2D eigenvalue weighted by atomic mass is 9.90. The first-order valence-corrected chi connectivity index (χ1v) is 7.56. The fourth-order valence-corrected chi connectivity index (χ4v) is 2.53. The first-order chi connectivity index (χ1) is 13.1. The molecule has 0 radical (unpaired) electrons. The molecule has 4 N–H and O–H groups in total. The number of aromatic carboxylic acids is 4. The second-order valence-electron chi connectivity index (χ2n) is 5.42. The molecule has 2 rings (SSSR count). The molecule has 0 saturated heterocycles. The highest BCUT2D eigenvalue weighted by atomic mass is 16.4. The van der Waals surface area contributed by atoms with Crippen molar-refractivity contribution in [1.29, 1.82) is 0 Å². The van der Waals surface area contributed by atoms with Gasteiger partial charge in [-0.05, 0) is 17.7 Å². The molecule has 0 aliphatic rings. The Labute approximate surface area is 156 Å². The van der Waals surface area contributed by atoms with E-state index in [1.54, 1.807) is 18.2 Å². The molecule has 0 atom stereocenters. The van der Waals surface area contributed by atoms with E-state index in [1.807, 2.05) is 0 Å². The predicted molar refractivity (Wildman–Crippen MR) is 94.1 cm³/mol. The molecular formula is C19H12O9. The second kappa shape index (κ2) is 7.96. The van der Waals surface area contributed by atoms with Crippen LogP contribution in [0.1, 0.15) is 57.4 Å². The standard InChI is InChI=1S/C19H12O9/c20-12(9-4-2-1-3-5-9)7-6-10-8-11(16(21)22)14(18(25)26)15(19(27)28)13(10)17(23)24/h1-8H,(H,21,22)(H,23,24)(H,25,26)(H,27,28). The van der Waals surface area contributed by atoms with E-state index >= 15 is 0 Å². The van der Waals surface area contributed by atoms with E-state index in [-0.39, 0.29) is 5.56 Å². The number of carboxylic acid groups (broad SMARTS) is 4. The van der Waals surface area contributed by atoms with Crippen LogP contribution >= 0.6 is 0 Å². The summed E-state index contributed by atoms with van der Waals surface area (Å²) in [5.41, 5.74) is -4.38. The number of hydrogen-bond donors (Lipinski definition) is 4. The summed E-state index contributed by atoms with van der Waals surface area (Å²) in [5, 5.41) is 37.2. The van der Waals surface area contributed by atoms with Crippen LogP contribution in [-0.4, -0.2) is 50.1 Å². The molecule has 2 aromatic rings. The largest absolute Gasteiger partial charge is 0.478 e. The predicted octanol–water partition coefficient (Wildman–Crippen LogP) is 2.38. The molecule has 2 aromatic carbocycles. The Kier molecular flexibility index (Phi) is 5.70. The molecule has 0 bridgehead atoms. The number of carbonyl (C=O) groups excluding carboxylic acids is 1. The van der Waals surface area contributed by atoms with Crippen molar-refractivity contribution < 1.29 is 44.4 Å². The normalized spacial score (nSPS) is 10.6. The van der Waals surface area contributed by atoms with Gasteiger partial charge in [0.25, 0.3) is 0 Å². The summed E-state index contributed by atoms with van der Waals surface area (Å²) in [7, 11) is 0. The fraction of sp³-hybridized carbons (Fsp3) is 0. The molecule has 0 saturated carbocycles. The van der Waals surface area contributed by atoms with Crippen molar-refractivity contribution in [2.24, 2.45) is 0 Å². The number of allylic oxidation sites excluding steroid dienone is 1. The molecule has 9 heteroatoms. The van der Waals surface area contributed by atoms with Crippen LogP contribution in [0.4, 0.5) is 0 Å². The van der Waals surface area contributed by atoms with E-state index in [4.69, 9.17) is 0 Å². The maximum Gasteiger partial charge on any atom is 0.337 e. The number of carboxylic acids is 4. The van der Waals surface area contributed by atoms with Crippen molar-refractivity contribution in [2.75, 3.05) is 0 Å². The topological polar surface area (TPSA) is 166 Å². The van der Waals surface area contributed by atoms with Crippen molar-refractivity contribution in [3.8, 4) is 0 Å². The van der Waals surface area contributed by atoms with Crippen molar-refractivity contribution in [3.05, 3.63) is 75.9 Å². The number of ketones is 1. The zero-order chi connectivity index (χ0) is 21.0. The fourth-order valence-electron chi connectivity index (χ4n) is 2.53. The van der Waals surface area contributed by atoms with Gasteiger partial charge in [-0.25, -0.2) is 19.2 Å². The molecular weight excluding hydrogens is 372 g/mol. The lowest BCUT2D eigenvalue weighted by Gasteiger charge is -2.12. The zero-order valence-electron chi connectivity index (χ0n) is 13.9. The van der Waals surface area contributed by atoms with Crippen LogP contribution in [-0.2, 0) is 0 Å². The van der Waals surface area contributed by atoms with Crippen molar-refractivity contribution in [2.45, 2.75) is 0 Å². The van der Waals surface area contributed by atoms with Crippen LogP contribution in [0.25, 0.3) is 6.08 Å². The van der Waals surface area contributed by atoms with Gasteiger partial charge in [0.05, 0.1) is 22.3 Å². The smallest absolute Gasteiger partial charge is 0.337 e. The van der Waals surface area contributed by atoms with E-state index < -0.39 is 57.5 Å². The minimum atomic E-state index is -1.93. The summed E-state index contributed by atoms with van der Waals surface area (Å²) >= 11 is 0. The van der Waals surface area contributed by atoms with E-state index in [9.17, 15) is 44.4 Å². The maximum absolute atomic E-state index is 12.2. The zero-order valence-corrected chi connectivity index (χ0v) is 13.9. The summed E-state index contributed by atoms with van der Waals surface area (Å²) < 4.78 is 0. The lowest BCUT2D eigenvalue weighted by molar-refractivity contribution is 0.0619. The van der Waals surface area contributed by atoms with E-state index in [1.165, 1.54) is 12.1 Å². The van der Waals surface area contributed by atoms with Gasteiger partial charge in [-0.15, -0.1) is 0 Å². The third-order valence-corrected chi connectivity index (χ3v) is 3.70. The van der Waals surface area contributed by atoms with Crippen molar-refractivity contribution in [3.63, 3.8) is 0 Å². The van der Waals surface area contributed by atoms with Crippen LogP contribution in [0.15, 0.2) is 42.5 Å². The monoisotopic (exact) mass is 384 g/mol. The molecule has 0 amide bonds. The van der Waals surface area contributed by atoms with Gasteiger partial charge >= 0.3 is 23.9 Å². The number of rotatable bonds is 7. The van der Waals surface area contributed by atoms with Gasteiger partial charge in [-0.1, -0.05) is 36.4 Å². The third-order valence-electron chi connectivity index (χ3n) is 3.70. The highest BCUT2D eigenvalue weighted by Gasteiger charge is 2.31. The Balaban J connectivity index is 2.76. The molecule has 28 heavy (non-hydrogen) atoms. The van der Waals surface area contributed by atoms with Crippen LogP contribution in [0.2, 0.25) is 0 Å².